The number of rotatable bonds is 10. The van der Waals surface area contributed by atoms with Gasteiger partial charge in [0, 0.05) is 25.9 Å². The molecular formula is C16H30N2O5. The van der Waals surface area contributed by atoms with E-state index in [1.54, 1.807) is 0 Å². The molecule has 0 heterocycles. The zero-order valence-electron chi connectivity index (χ0n) is 14.7. The number of alkyl carbamates (subject to hydrolysis) is 1. The van der Waals surface area contributed by atoms with Gasteiger partial charge in [-0.2, -0.15) is 0 Å². The topological polar surface area (TPSA) is 93.7 Å². The third-order valence-electron chi connectivity index (χ3n) is 2.86. The van der Waals surface area contributed by atoms with Crippen molar-refractivity contribution in [1.29, 1.82) is 0 Å². The maximum Gasteiger partial charge on any atom is 0.407 e. The van der Waals surface area contributed by atoms with Crippen LogP contribution in [0.1, 0.15) is 59.3 Å². The van der Waals surface area contributed by atoms with Gasteiger partial charge in [0.05, 0.1) is 7.11 Å². The molecule has 2 amide bonds. The smallest absolute Gasteiger partial charge is 0.407 e. The van der Waals surface area contributed by atoms with Gasteiger partial charge in [-0.05, 0) is 46.5 Å². The number of ether oxygens (including phenoxy) is 2. The van der Waals surface area contributed by atoms with Gasteiger partial charge in [-0.25, -0.2) is 4.79 Å². The van der Waals surface area contributed by atoms with E-state index in [1.165, 1.54) is 7.11 Å². The summed E-state index contributed by atoms with van der Waals surface area (Å²) in [7, 11) is 1.35. The Hall–Kier alpha value is -1.79. The third kappa shape index (κ3) is 14.9. The van der Waals surface area contributed by atoms with Crippen LogP contribution >= 0.6 is 0 Å². The minimum Gasteiger partial charge on any atom is -0.469 e. The number of amides is 2. The molecule has 0 aliphatic rings. The van der Waals surface area contributed by atoms with Crippen molar-refractivity contribution < 1.29 is 23.9 Å². The van der Waals surface area contributed by atoms with Crippen LogP contribution in [0.4, 0.5) is 4.79 Å². The molecule has 0 aromatic rings. The fourth-order valence-corrected chi connectivity index (χ4v) is 1.73. The van der Waals surface area contributed by atoms with Crippen LogP contribution in [0.5, 0.6) is 0 Å². The number of unbranched alkanes of at least 4 members (excludes halogenated alkanes) is 2. The Balaban J connectivity index is 3.45. The highest BCUT2D eigenvalue weighted by Crippen LogP contribution is 2.06. The van der Waals surface area contributed by atoms with E-state index in [9.17, 15) is 14.4 Å². The van der Waals surface area contributed by atoms with E-state index in [2.05, 4.69) is 15.4 Å². The molecule has 7 heteroatoms. The summed E-state index contributed by atoms with van der Waals surface area (Å²) in [4.78, 5) is 33.8. The Labute approximate surface area is 138 Å². The van der Waals surface area contributed by atoms with Crippen molar-refractivity contribution in [3.05, 3.63) is 0 Å². The fourth-order valence-electron chi connectivity index (χ4n) is 1.73. The van der Waals surface area contributed by atoms with Crippen LogP contribution in [-0.2, 0) is 19.1 Å². The average molecular weight is 330 g/mol. The van der Waals surface area contributed by atoms with Crippen molar-refractivity contribution in [2.24, 2.45) is 0 Å². The number of hydrogen-bond donors (Lipinski definition) is 2. The average Bonchev–Trinajstić information content (AvgIpc) is 2.45. The number of nitrogens with one attached hydrogen (secondary N) is 2. The second kappa shape index (κ2) is 11.7. The van der Waals surface area contributed by atoms with E-state index in [0.29, 0.717) is 38.8 Å². The van der Waals surface area contributed by atoms with Gasteiger partial charge in [0.25, 0.3) is 0 Å². The predicted octanol–water partition coefficient (Wildman–Crippen LogP) is 2.14. The van der Waals surface area contributed by atoms with Crippen LogP contribution in [0.2, 0.25) is 0 Å². The molecule has 0 aliphatic heterocycles. The first-order valence-electron chi connectivity index (χ1n) is 8.05. The van der Waals surface area contributed by atoms with Crippen molar-refractivity contribution in [2.45, 2.75) is 64.9 Å². The number of esters is 1. The highest BCUT2D eigenvalue weighted by molar-refractivity contribution is 5.75. The highest BCUT2D eigenvalue weighted by atomic mass is 16.6. The van der Waals surface area contributed by atoms with Gasteiger partial charge < -0.3 is 20.1 Å². The molecule has 0 aromatic heterocycles. The first-order valence-corrected chi connectivity index (χ1v) is 8.05. The lowest BCUT2D eigenvalue weighted by Gasteiger charge is -2.19. The molecule has 134 valence electrons. The van der Waals surface area contributed by atoms with E-state index in [1.807, 2.05) is 20.8 Å². The monoisotopic (exact) mass is 330 g/mol. The van der Waals surface area contributed by atoms with Crippen LogP contribution < -0.4 is 10.6 Å². The molecule has 2 N–H and O–H groups in total. The van der Waals surface area contributed by atoms with Crippen molar-refractivity contribution in [3.63, 3.8) is 0 Å². The Morgan fingerprint density at radius 1 is 0.870 bits per heavy atom. The normalized spacial score (nSPS) is 10.8. The molecule has 0 unspecified atom stereocenters. The molecule has 0 spiro atoms. The van der Waals surface area contributed by atoms with Crippen LogP contribution in [0.25, 0.3) is 0 Å². The molecule has 0 atom stereocenters. The van der Waals surface area contributed by atoms with Gasteiger partial charge in [0.1, 0.15) is 5.60 Å². The van der Waals surface area contributed by atoms with Crippen LogP contribution in [-0.4, -0.2) is 43.8 Å². The molecule has 0 saturated heterocycles. The van der Waals surface area contributed by atoms with Gasteiger partial charge in [0.15, 0.2) is 0 Å². The fraction of sp³-hybridized carbons (Fsp3) is 0.812. The number of carbonyl (C=O) groups excluding carboxylic acids is 3. The summed E-state index contributed by atoms with van der Waals surface area (Å²) in [6, 6.07) is 0. The Kier molecular flexibility index (Phi) is 10.8. The highest BCUT2D eigenvalue weighted by Gasteiger charge is 2.15. The summed E-state index contributed by atoms with van der Waals surface area (Å²) in [5.41, 5.74) is -0.494. The van der Waals surface area contributed by atoms with Gasteiger partial charge >= 0.3 is 12.1 Å². The lowest BCUT2D eigenvalue weighted by Crippen LogP contribution is -2.33. The zero-order chi connectivity index (χ0) is 17.7. The van der Waals surface area contributed by atoms with E-state index < -0.39 is 11.7 Å². The van der Waals surface area contributed by atoms with Crippen molar-refractivity contribution in [3.8, 4) is 0 Å². The van der Waals surface area contributed by atoms with Crippen LogP contribution in [0.3, 0.4) is 0 Å². The summed E-state index contributed by atoms with van der Waals surface area (Å²) >= 11 is 0. The molecule has 0 saturated carbocycles. The molecule has 0 radical (unpaired) electrons. The summed E-state index contributed by atoms with van der Waals surface area (Å²) in [6.07, 6.45) is 3.20. The molecule has 0 aromatic carbocycles. The van der Waals surface area contributed by atoms with E-state index in [4.69, 9.17) is 4.74 Å². The van der Waals surface area contributed by atoms with Crippen molar-refractivity contribution >= 4 is 18.0 Å². The Morgan fingerprint density at radius 3 is 2.00 bits per heavy atom. The van der Waals surface area contributed by atoms with Gasteiger partial charge in [-0.1, -0.05) is 0 Å². The molecule has 0 rings (SSSR count). The Morgan fingerprint density at radius 2 is 1.43 bits per heavy atom. The standard InChI is InChI=1S/C16H30N2O5/c1-16(2,3)23-15(21)18-12-8-7-11-17-13(19)9-5-6-10-14(20)22-4/h5-12H2,1-4H3,(H,17,19)(H,18,21). The lowest BCUT2D eigenvalue weighted by molar-refractivity contribution is -0.140. The van der Waals surface area contributed by atoms with Crippen molar-refractivity contribution in [1.82, 2.24) is 10.6 Å². The summed E-state index contributed by atoms with van der Waals surface area (Å²) < 4.78 is 9.63. The first-order chi connectivity index (χ1) is 10.7. The summed E-state index contributed by atoms with van der Waals surface area (Å²) in [6.45, 7) is 6.53. The third-order valence-corrected chi connectivity index (χ3v) is 2.86. The first kappa shape index (κ1) is 21.2. The van der Waals surface area contributed by atoms with Crippen LogP contribution in [0, 0.1) is 0 Å². The van der Waals surface area contributed by atoms with Crippen molar-refractivity contribution in [2.75, 3.05) is 20.2 Å². The second-order valence-corrected chi connectivity index (χ2v) is 6.27. The quantitative estimate of drug-likeness (QED) is 0.473. The molecule has 0 fully saturated rings. The molecule has 0 aliphatic carbocycles. The number of carbonyl (C=O) groups is 3. The minimum atomic E-state index is -0.494. The Bertz CT molecular complexity index is 377. The van der Waals surface area contributed by atoms with Crippen LogP contribution in [0.15, 0.2) is 0 Å². The largest absolute Gasteiger partial charge is 0.469 e. The maximum absolute atomic E-state index is 11.5. The van der Waals surface area contributed by atoms with Gasteiger partial charge in [-0.3, -0.25) is 9.59 Å². The van der Waals surface area contributed by atoms with E-state index in [-0.39, 0.29) is 11.9 Å². The molecular weight excluding hydrogens is 300 g/mol. The lowest BCUT2D eigenvalue weighted by atomic mass is 10.2. The minimum absolute atomic E-state index is 0.0185. The van der Waals surface area contributed by atoms with E-state index >= 15 is 0 Å². The van der Waals surface area contributed by atoms with Gasteiger partial charge in [-0.15, -0.1) is 0 Å². The number of methoxy groups -OCH3 is 1. The SMILES string of the molecule is COC(=O)CCCCC(=O)NCCCCNC(=O)OC(C)(C)C. The summed E-state index contributed by atoms with van der Waals surface area (Å²) in [5.74, 6) is -0.266. The second-order valence-electron chi connectivity index (χ2n) is 6.27. The molecule has 0 bridgehead atoms. The predicted molar refractivity (Wildman–Crippen MR) is 87.0 cm³/mol. The summed E-state index contributed by atoms with van der Waals surface area (Å²) in [5, 5.41) is 5.48. The maximum atomic E-state index is 11.5. The molecule has 23 heavy (non-hydrogen) atoms. The zero-order valence-corrected chi connectivity index (χ0v) is 14.7. The van der Waals surface area contributed by atoms with Gasteiger partial charge in [0.2, 0.25) is 5.91 Å². The number of hydrogen-bond acceptors (Lipinski definition) is 5. The molecule has 7 nitrogen and oxygen atoms in total. The van der Waals surface area contributed by atoms with E-state index in [0.717, 1.165) is 12.8 Å².